The Morgan fingerprint density at radius 1 is 1.30 bits per heavy atom. The first kappa shape index (κ1) is 17.5. The molecule has 1 N–H and O–H groups in total. The lowest BCUT2D eigenvalue weighted by Crippen LogP contribution is -2.45. The Hall–Kier alpha value is -0.560. The highest BCUT2D eigenvalue weighted by Crippen LogP contribution is 2.11. The zero-order valence-corrected chi connectivity index (χ0v) is 13.7. The van der Waals surface area contributed by atoms with Crippen LogP contribution in [0.3, 0.4) is 0 Å². The predicted octanol–water partition coefficient (Wildman–Crippen LogP) is 2.18. The molecule has 0 aliphatic carbocycles. The van der Waals surface area contributed by atoms with Crippen molar-refractivity contribution in [3.05, 3.63) is 0 Å². The molecule has 0 saturated carbocycles. The number of rotatable bonds is 9. The van der Waals surface area contributed by atoms with Crippen molar-refractivity contribution >= 4 is 0 Å². The van der Waals surface area contributed by atoms with Gasteiger partial charge in [0.15, 0.2) is 0 Å². The summed E-state index contributed by atoms with van der Waals surface area (Å²) in [5.41, 5.74) is 0. The molecule has 1 aliphatic rings. The molecule has 1 unspecified atom stereocenters. The second-order valence-corrected chi connectivity index (χ2v) is 5.99. The summed E-state index contributed by atoms with van der Waals surface area (Å²) < 4.78 is 0. The van der Waals surface area contributed by atoms with E-state index in [0.717, 1.165) is 19.6 Å². The van der Waals surface area contributed by atoms with Gasteiger partial charge in [0.25, 0.3) is 0 Å². The maximum absolute atomic E-state index is 5.37. The van der Waals surface area contributed by atoms with Gasteiger partial charge in [-0.05, 0) is 52.2 Å². The van der Waals surface area contributed by atoms with E-state index in [1.54, 1.807) is 0 Å². The molecular weight excluding hydrogens is 246 g/mol. The molecule has 3 nitrogen and oxygen atoms in total. The monoisotopic (exact) mass is 279 g/mol. The lowest BCUT2D eigenvalue weighted by Gasteiger charge is -2.33. The minimum atomic E-state index is 0.634. The van der Waals surface area contributed by atoms with Crippen LogP contribution in [0.15, 0.2) is 0 Å². The minimum absolute atomic E-state index is 0.634. The van der Waals surface area contributed by atoms with Gasteiger partial charge in [-0.3, -0.25) is 4.90 Å². The predicted molar refractivity (Wildman–Crippen MR) is 87.9 cm³/mol. The fourth-order valence-electron chi connectivity index (χ4n) is 3.03. The molecule has 1 saturated heterocycles. The van der Waals surface area contributed by atoms with Crippen molar-refractivity contribution < 1.29 is 0 Å². The molecule has 20 heavy (non-hydrogen) atoms. The summed E-state index contributed by atoms with van der Waals surface area (Å²) in [5.74, 6) is 2.74. The quantitative estimate of drug-likeness (QED) is 0.653. The highest BCUT2D eigenvalue weighted by molar-refractivity contribution is 4.90. The first-order valence-corrected chi connectivity index (χ1v) is 8.33. The van der Waals surface area contributed by atoms with Gasteiger partial charge in [0.05, 0.1) is 6.54 Å². The molecular formula is C17H33N3. The largest absolute Gasteiger partial charge is 0.311 e. The summed E-state index contributed by atoms with van der Waals surface area (Å²) in [4.78, 5) is 4.88. The third kappa shape index (κ3) is 6.74. The number of nitrogens with zero attached hydrogens (tertiary/aromatic N) is 2. The zero-order valence-electron chi connectivity index (χ0n) is 13.7. The minimum Gasteiger partial charge on any atom is -0.311 e. The summed E-state index contributed by atoms with van der Waals surface area (Å²) in [6.45, 7) is 13.5. The lowest BCUT2D eigenvalue weighted by molar-refractivity contribution is 0.207. The second-order valence-electron chi connectivity index (χ2n) is 5.99. The average Bonchev–Trinajstić information content (AvgIpc) is 2.46. The van der Waals surface area contributed by atoms with E-state index in [1.807, 2.05) is 0 Å². The first-order chi connectivity index (χ1) is 9.69. The van der Waals surface area contributed by atoms with E-state index < -0.39 is 0 Å². The normalized spacial score (nSPS) is 19.1. The van der Waals surface area contributed by atoms with Gasteiger partial charge in [0.1, 0.15) is 0 Å². The summed E-state index contributed by atoms with van der Waals surface area (Å²) in [6.07, 6.45) is 10.4. The number of piperidine rings is 1. The molecule has 1 aliphatic heterocycles. The molecule has 0 aromatic carbocycles. The molecule has 0 amide bonds. The molecule has 1 heterocycles. The van der Waals surface area contributed by atoms with Gasteiger partial charge in [-0.2, -0.15) is 0 Å². The third-order valence-corrected chi connectivity index (χ3v) is 4.43. The van der Waals surface area contributed by atoms with Crippen LogP contribution in [0.1, 0.15) is 46.5 Å². The van der Waals surface area contributed by atoms with E-state index >= 15 is 0 Å². The van der Waals surface area contributed by atoms with E-state index in [1.165, 1.54) is 45.3 Å². The topological polar surface area (TPSA) is 18.5 Å². The van der Waals surface area contributed by atoms with E-state index in [2.05, 4.69) is 41.8 Å². The van der Waals surface area contributed by atoms with Crippen LogP contribution >= 0.6 is 0 Å². The third-order valence-electron chi connectivity index (χ3n) is 4.43. The van der Waals surface area contributed by atoms with Gasteiger partial charge < -0.3 is 10.2 Å². The van der Waals surface area contributed by atoms with Crippen LogP contribution in [0.25, 0.3) is 0 Å². The maximum Gasteiger partial charge on any atom is 0.0598 e. The molecule has 1 rings (SSSR count). The van der Waals surface area contributed by atoms with Crippen LogP contribution in [0.4, 0.5) is 0 Å². The van der Waals surface area contributed by atoms with E-state index in [4.69, 9.17) is 6.42 Å². The lowest BCUT2D eigenvalue weighted by atomic mass is 10.0. The average molecular weight is 279 g/mol. The van der Waals surface area contributed by atoms with E-state index in [9.17, 15) is 0 Å². The summed E-state index contributed by atoms with van der Waals surface area (Å²) in [7, 11) is 0. The first-order valence-electron chi connectivity index (χ1n) is 8.33. The molecule has 3 heteroatoms. The Kier molecular flexibility index (Phi) is 8.93. The SMILES string of the molecule is C#CCN1CCC(NC(C)CCCN(CC)CC)CC1. The number of nitrogens with one attached hydrogen (secondary N) is 1. The Bertz CT molecular complexity index is 272. The van der Waals surface area contributed by atoms with Crippen LogP contribution < -0.4 is 5.32 Å². The Morgan fingerprint density at radius 2 is 1.95 bits per heavy atom. The maximum atomic E-state index is 5.37. The second kappa shape index (κ2) is 10.2. The highest BCUT2D eigenvalue weighted by Gasteiger charge is 2.19. The molecule has 1 atom stereocenters. The number of likely N-dealkylation sites (tertiary alicyclic amines) is 1. The summed E-state index contributed by atoms with van der Waals surface area (Å²) in [6, 6.07) is 1.32. The molecule has 0 spiro atoms. The Balaban J connectivity index is 2.11. The highest BCUT2D eigenvalue weighted by atomic mass is 15.1. The van der Waals surface area contributed by atoms with Gasteiger partial charge in [-0.1, -0.05) is 19.8 Å². The van der Waals surface area contributed by atoms with Crippen molar-refractivity contribution in [1.29, 1.82) is 0 Å². The number of hydrogen-bond donors (Lipinski definition) is 1. The molecule has 1 fully saturated rings. The van der Waals surface area contributed by atoms with Crippen LogP contribution in [0.5, 0.6) is 0 Å². The van der Waals surface area contributed by atoms with Crippen molar-refractivity contribution in [2.45, 2.75) is 58.5 Å². The van der Waals surface area contributed by atoms with Crippen molar-refractivity contribution in [1.82, 2.24) is 15.1 Å². The molecule has 0 bridgehead atoms. The van der Waals surface area contributed by atoms with Gasteiger partial charge >= 0.3 is 0 Å². The Labute approximate surface area is 126 Å². The molecule has 0 aromatic heterocycles. The standard InChI is InChI=1S/C17H33N3/c1-5-12-20-14-10-17(11-15-20)18-16(4)9-8-13-19(6-2)7-3/h1,16-18H,6-15H2,2-4H3. The van der Waals surface area contributed by atoms with Crippen LogP contribution in [0, 0.1) is 12.3 Å². The summed E-state index contributed by atoms with van der Waals surface area (Å²) >= 11 is 0. The fraction of sp³-hybridized carbons (Fsp3) is 0.882. The van der Waals surface area contributed by atoms with Crippen LogP contribution in [-0.4, -0.2) is 61.2 Å². The van der Waals surface area contributed by atoms with Gasteiger partial charge in [-0.25, -0.2) is 0 Å². The van der Waals surface area contributed by atoms with Gasteiger partial charge in [0.2, 0.25) is 0 Å². The molecule has 116 valence electrons. The van der Waals surface area contributed by atoms with Crippen LogP contribution in [-0.2, 0) is 0 Å². The molecule has 0 radical (unpaired) electrons. The van der Waals surface area contributed by atoms with E-state index in [0.29, 0.717) is 12.1 Å². The van der Waals surface area contributed by atoms with Gasteiger partial charge in [-0.15, -0.1) is 6.42 Å². The van der Waals surface area contributed by atoms with Crippen molar-refractivity contribution in [2.75, 3.05) is 39.3 Å². The van der Waals surface area contributed by atoms with Crippen LogP contribution in [0.2, 0.25) is 0 Å². The molecule has 0 aromatic rings. The zero-order chi connectivity index (χ0) is 14.8. The summed E-state index contributed by atoms with van der Waals surface area (Å²) in [5, 5.41) is 3.79. The van der Waals surface area contributed by atoms with Crippen molar-refractivity contribution in [3.63, 3.8) is 0 Å². The van der Waals surface area contributed by atoms with Crippen molar-refractivity contribution in [3.8, 4) is 12.3 Å². The number of terminal acetylenes is 1. The van der Waals surface area contributed by atoms with Gasteiger partial charge in [0, 0.05) is 25.2 Å². The van der Waals surface area contributed by atoms with E-state index in [-0.39, 0.29) is 0 Å². The number of hydrogen-bond acceptors (Lipinski definition) is 3. The Morgan fingerprint density at radius 3 is 2.50 bits per heavy atom. The fourth-order valence-corrected chi connectivity index (χ4v) is 3.03. The van der Waals surface area contributed by atoms with Crippen molar-refractivity contribution in [2.24, 2.45) is 0 Å². The smallest absolute Gasteiger partial charge is 0.0598 e.